The molecule has 6 heteroatoms. The first-order valence-corrected chi connectivity index (χ1v) is 10.1. The summed E-state index contributed by atoms with van der Waals surface area (Å²) >= 11 is 1.79. The first kappa shape index (κ1) is 17.3. The van der Waals surface area contributed by atoms with Gasteiger partial charge in [0.1, 0.15) is 0 Å². The van der Waals surface area contributed by atoms with E-state index in [1.54, 1.807) is 11.8 Å². The Morgan fingerprint density at radius 3 is 2.58 bits per heavy atom. The highest BCUT2D eigenvalue weighted by Crippen LogP contribution is 2.27. The zero-order valence-electron chi connectivity index (χ0n) is 12.3. The van der Waals surface area contributed by atoms with Gasteiger partial charge in [0.25, 0.3) is 0 Å². The van der Waals surface area contributed by atoms with Crippen LogP contribution in [0.3, 0.4) is 0 Å². The quantitative estimate of drug-likeness (QED) is 0.673. The molecule has 0 aromatic heterocycles. The van der Waals surface area contributed by atoms with E-state index in [2.05, 4.69) is 30.1 Å². The molecule has 2 atom stereocenters. The Morgan fingerprint density at radius 2 is 1.95 bits per heavy atom. The lowest BCUT2D eigenvalue weighted by atomic mass is 9.96. The lowest BCUT2D eigenvalue weighted by Crippen LogP contribution is -2.44. The molecule has 1 saturated carbocycles. The third-order valence-corrected chi connectivity index (χ3v) is 6.14. The van der Waals surface area contributed by atoms with Crippen molar-refractivity contribution in [3.63, 3.8) is 0 Å². The molecule has 0 heterocycles. The largest absolute Gasteiger partial charge is 0.314 e. The van der Waals surface area contributed by atoms with Gasteiger partial charge < -0.3 is 5.32 Å². The van der Waals surface area contributed by atoms with Gasteiger partial charge >= 0.3 is 0 Å². The van der Waals surface area contributed by atoms with E-state index in [-0.39, 0.29) is 11.8 Å². The molecule has 1 aliphatic carbocycles. The minimum atomic E-state index is -3.13. The number of sulfonamides is 1. The molecule has 1 fully saturated rings. The second-order valence-corrected chi connectivity index (χ2v) is 8.51. The summed E-state index contributed by atoms with van der Waals surface area (Å²) in [6.45, 7) is 4.89. The van der Waals surface area contributed by atoms with Crippen LogP contribution in [0.15, 0.2) is 0 Å². The first-order chi connectivity index (χ1) is 8.94. The van der Waals surface area contributed by atoms with E-state index >= 15 is 0 Å². The van der Waals surface area contributed by atoms with E-state index < -0.39 is 10.0 Å². The van der Waals surface area contributed by atoms with Crippen molar-refractivity contribution in [2.45, 2.75) is 63.3 Å². The molecule has 2 N–H and O–H groups in total. The van der Waals surface area contributed by atoms with Crippen LogP contribution in [-0.4, -0.2) is 44.3 Å². The number of hydrogen-bond acceptors (Lipinski definition) is 4. The monoisotopic (exact) mass is 308 g/mol. The van der Waals surface area contributed by atoms with Gasteiger partial charge in [-0.05, 0) is 32.1 Å². The van der Waals surface area contributed by atoms with Crippen LogP contribution in [0.4, 0.5) is 0 Å². The highest BCUT2D eigenvalue weighted by Gasteiger charge is 2.27. The Kier molecular flexibility index (Phi) is 7.72. The molecule has 1 aliphatic rings. The van der Waals surface area contributed by atoms with Gasteiger partial charge in [0.05, 0.1) is 5.75 Å². The summed E-state index contributed by atoms with van der Waals surface area (Å²) < 4.78 is 27.0. The standard InChI is InChI=1S/C13H28N2O2S2/c1-11(2)14-9-6-10-19(16,17)15-12-7-4-5-8-13(12)18-3/h11-15H,4-10H2,1-3H3. The SMILES string of the molecule is CSC1CCCCC1NS(=O)(=O)CCCNC(C)C. The number of hydrogen-bond donors (Lipinski definition) is 2. The van der Waals surface area contributed by atoms with Crippen molar-refractivity contribution in [1.29, 1.82) is 0 Å². The van der Waals surface area contributed by atoms with Crippen molar-refractivity contribution >= 4 is 21.8 Å². The van der Waals surface area contributed by atoms with E-state index in [4.69, 9.17) is 0 Å². The minimum absolute atomic E-state index is 0.131. The second kappa shape index (κ2) is 8.49. The molecule has 4 nitrogen and oxygen atoms in total. The van der Waals surface area contributed by atoms with Crippen molar-refractivity contribution in [3.05, 3.63) is 0 Å². The molecule has 0 aromatic rings. The first-order valence-electron chi connectivity index (χ1n) is 7.21. The van der Waals surface area contributed by atoms with E-state index in [9.17, 15) is 8.42 Å². The fraction of sp³-hybridized carbons (Fsp3) is 1.00. The molecule has 0 amide bonds. The maximum absolute atomic E-state index is 12.1. The van der Waals surface area contributed by atoms with Crippen LogP contribution in [-0.2, 0) is 10.0 Å². The average Bonchev–Trinajstić information content (AvgIpc) is 2.35. The number of rotatable bonds is 8. The third-order valence-electron chi connectivity index (χ3n) is 3.48. The maximum atomic E-state index is 12.1. The highest BCUT2D eigenvalue weighted by molar-refractivity contribution is 7.99. The van der Waals surface area contributed by atoms with Crippen LogP contribution in [0.1, 0.15) is 46.0 Å². The van der Waals surface area contributed by atoms with Gasteiger partial charge in [0.15, 0.2) is 0 Å². The summed E-state index contributed by atoms with van der Waals surface area (Å²) in [5.74, 6) is 0.227. The van der Waals surface area contributed by atoms with Gasteiger partial charge in [0, 0.05) is 17.3 Å². The number of nitrogens with one attached hydrogen (secondary N) is 2. The molecule has 1 rings (SSSR count). The van der Waals surface area contributed by atoms with Gasteiger partial charge in [-0.15, -0.1) is 0 Å². The Balaban J connectivity index is 2.36. The van der Waals surface area contributed by atoms with Crippen molar-refractivity contribution < 1.29 is 8.42 Å². The van der Waals surface area contributed by atoms with Gasteiger partial charge in [-0.1, -0.05) is 26.7 Å². The topological polar surface area (TPSA) is 58.2 Å². The Morgan fingerprint density at radius 1 is 1.26 bits per heavy atom. The molecule has 0 radical (unpaired) electrons. The fourth-order valence-corrected chi connectivity index (χ4v) is 4.86. The number of thioether (sulfide) groups is 1. The fourth-order valence-electron chi connectivity index (χ4n) is 2.46. The molecule has 0 saturated heterocycles. The van der Waals surface area contributed by atoms with Crippen molar-refractivity contribution in [1.82, 2.24) is 10.0 Å². The van der Waals surface area contributed by atoms with Crippen LogP contribution >= 0.6 is 11.8 Å². The molecule has 2 unspecified atom stereocenters. The van der Waals surface area contributed by atoms with E-state index in [0.29, 0.717) is 17.7 Å². The highest BCUT2D eigenvalue weighted by atomic mass is 32.2. The lowest BCUT2D eigenvalue weighted by Gasteiger charge is -2.30. The Hall–Kier alpha value is 0.220. The normalized spacial score (nSPS) is 24.8. The van der Waals surface area contributed by atoms with Crippen LogP contribution in [0, 0.1) is 0 Å². The van der Waals surface area contributed by atoms with Crippen LogP contribution in [0.5, 0.6) is 0 Å². The summed E-state index contributed by atoms with van der Waals surface area (Å²) in [6, 6.07) is 0.543. The zero-order valence-corrected chi connectivity index (χ0v) is 13.9. The Bertz CT molecular complexity index is 345. The molecule has 114 valence electrons. The maximum Gasteiger partial charge on any atom is 0.211 e. The lowest BCUT2D eigenvalue weighted by molar-refractivity contribution is 0.423. The zero-order chi connectivity index (χ0) is 14.3. The summed E-state index contributed by atoms with van der Waals surface area (Å²) in [5.41, 5.74) is 0. The predicted octanol–water partition coefficient (Wildman–Crippen LogP) is 1.97. The van der Waals surface area contributed by atoms with Gasteiger partial charge in [-0.3, -0.25) is 0 Å². The van der Waals surface area contributed by atoms with Gasteiger partial charge in [-0.25, -0.2) is 13.1 Å². The third kappa shape index (κ3) is 6.97. The summed E-state index contributed by atoms with van der Waals surface area (Å²) in [5, 5.41) is 3.69. The Labute approximate surface area is 122 Å². The van der Waals surface area contributed by atoms with Crippen molar-refractivity contribution in [2.24, 2.45) is 0 Å². The molecule has 0 bridgehead atoms. The van der Waals surface area contributed by atoms with Crippen LogP contribution in [0.25, 0.3) is 0 Å². The molecule has 19 heavy (non-hydrogen) atoms. The average molecular weight is 309 g/mol. The van der Waals surface area contributed by atoms with Crippen LogP contribution in [0.2, 0.25) is 0 Å². The van der Waals surface area contributed by atoms with E-state index in [0.717, 1.165) is 25.8 Å². The van der Waals surface area contributed by atoms with Gasteiger partial charge in [0.2, 0.25) is 10.0 Å². The summed E-state index contributed by atoms with van der Waals surface area (Å²) in [6.07, 6.45) is 7.22. The predicted molar refractivity (Wildman–Crippen MR) is 84.2 cm³/mol. The van der Waals surface area contributed by atoms with Gasteiger partial charge in [-0.2, -0.15) is 11.8 Å². The summed E-state index contributed by atoms with van der Waals surface area (Å²) in [7, 11) is -3.13. The molecular formula is C13H28N2O2S2. The van der Waals surface area contributed by atoms with E-state index in [1.165, 1.54) is 6.42 Å². The molecular weight excluding hydrogens is 280 g/mol. The smallest absolute Gasteiger partial charge is 0.211 e. The van der Waals surface area contributed by atoms with Crippen molar-refractivity contribution in [3.8, 4) is 0 Å². The van der Waals surface area contributed by atoms with E-state index in [1.807, 2.05) is 0 Å². The molecule has 0 spiro atoms. The molecule has 0 aromatic carbocycles. The van der Waals surface area contributed by atoms with Crippen molar-refractivity contribution in [2.75, 3.05) is 18.6 Å². The minimum Gasteiger partial charge on any atom is -0.314 e. The van der Waals surface area contributed by atoms with Crippen LogP contribution < -0.4 is 10.0 Å². The second-order valence-electron chi connectivity index (χ2n) is 5.56. The molecule has 0 aliphatic heterocycles. The summed E-state index contributed by atoms with van der Waals surface area (Å²) in [4.78, 5) is 0.